The van der Waals surface area contributed by atoms with Crippen LogP contribution < -0.4 is 11.1 Å². The number of carbonyl (C=O) groups excluding carboxylic acids is 1. The van der Waals surface area contributed by atoms with E-state index < -0.39 is 5.91 Å². The monoisotopic (exact) mass is 393 g/mol. The summed E-state index contributed by atoms with van der Waals surface area (Å²) in [7, 11) is 0. The molecule has 0 aliphatic rings. The summed E-state index contributed by atoms with van der Waals surface area (Å²) in [6.07, 6.45) is 0. The van der Waals surface area contributed by atoms with Gasteiger partial charge in [0, 0.05) is 6.04 Å². The Balaban J connectivity index is 2.63. The lowest BCUT2D eigenvalue weighted by Gasteiger charge is -2.29. The van der Waals surface area contributed by atoms with Crippen LogP contribution in [-0.2, 0) is 0 Å². The Morgan fingerprint density at radius 1 is 1.15 bits per heavy atom. The smallest absolute Gasteiger partial charge is 0.250 e. The van der Waals surface area contributed by atoms with E-state index in [1.807, 2.05) is 25.1 Å². The van der Waals surface area contributed by atoms with Crippen molar-refractivity contribution in [3.8, 4) is 0 Å². The Bertz CT molecular complexity index is 804. The molecule has 2 aromatic carbocycles. The van der Waals surface area contributed by atoms with Crippen LogP contribution in [0.5, 0.6) is 0 Å². The Labute approximate surface area is 165 Å². The molecule has 0 saturated carbocycles. The maximum Gasteiger partial charge on any atom is 0.250 e. The minimum absolute atomic E-state index is 0.0918. The Hall–Kier alpha value is -1.75. The van der Waals surface area contributed by atoms with Crippen molar-refractivity contribution in [3.05, 3.63) is 57.1 Å². The van der Waals surface area contributed by atoms with Gasteiger partial charge in [0.05, 0.1) is 27.0 Å². The van der Waals surface area contributed by atoms with Crippen molar-refractivity contribution in [1.29, 1.82) is 0 Å². The number of primary amides is 1. The van der Waals surface area contributed by atoms with Gasteiger partial charge in [0.2, 0.25) is 0 Å². The lowest BCUT2D eigenvalue weighted by molar-refractivity contribution is 0.100. The van der Waals surface area contributed by atoms with Crippen LogP contribution in [0.3, 0.4) is 0 Å². The zero-order valence-corrected chi connectivity index (χ0v) is 17.1. The van der Waals surface area contributed by atoms with E-state index in [1.54, 1.807) is 12.1 Å². The number of nitrogens with one attached hydrogen (secondary N) is 1. The molecule has 1 amide bonds. The highest BCUT2D eigenvalue weighted by atomic mass is 35.5. The number of amides is 1. The topological polar surface area (TPSA) is 58.4 Å². The molecule has 0 aliphatic carbocycles. The maximum atomic E-state index is 12.0. The number of carbonyl (C=O) groups is 1. The number of aryl methyl sites for hydroxylation is 1. The molecule has 4 nitrogen and oxygen atoms in total. The summed E-state index contributed by atoms with van der Waals surface area (Å²) < 4.78 is 0. The first kappa shape index (κ1) is 20.6. The van der Waals surface area contributed by atoms with Crippen molar-refractivity contribution in [2.24, 2.45) is 5.73 Å². The SMILES string of the molecule is CCN(CC)C(C)c1cccc(C(N)=O)c1Nc1c(Cl)ccc(C)c1Cl. The van der Waals surface area contributed by atoms with E-state index in [2.05, 4.69) is 31.0 Å². The van der Waals surface area contributed by atoms with Crippen molar-refractivity contribution >= 4 is 40.5 Å². The van der Waals surface area contributed by atoms with Crippen molar-refractivity contribution in [2.75, 3.05) is 18.4 Å². The molecule has 0 aromatic heterocycles. The minimum Gasteiger partial charge on any atom is -0.366 e. The number of nitrogens with zero attached hydrogens (tertiary/aromatic N) is 1. The average Bonchev–Trinajstić information content (AvgIpc) is 2.62. The van der Waals surface area contributed by atoms with Gasteiger partial charge in [0.25, 0.3) is 5.91 Å². The van der Waals surface area contributed by atoms with Crippen molar-refractivity contribution in [1.82, 2.24) is 4.90 Å². The lowest BCUT2D eigenvalue weighted by atomic mass is 9.99. The first-order valence-corrected chi connectivity index (χ1v) is 9.45. The number of rotatable bonds is 7. The van der Waals surface area contributed by atoms with Crippen molar-refractivity contribution in [3.63, 3.8) is 0 Å². The highest BCUT2D eigenvalue weighted by Gasteiger charge is 2.22. The highest BCUT2D eigenvalue weighted by Crippen LogP contribution is 2.39. The van der Waals surface area contributed by atoms with E-state index in [4.69, 9.17) is 28.9 Å². The molecule has 2 rings (SSSR count). The highest BCUT2D eigenvalue weighted by molar-refractivity contribution is 6.39. The molecular formula is C20H25Cl2N3O. The lowest BCUT2D eigenvalue weighted by Crippen LogP contribution is -2.27. The van der Waals surface area contributed by atoms with Gasteiger partial charge in [-0.05, 0) is 50.2 Å². The molecule has 0 fully saturated rings. The summed E-state index contributed by atoms with van der Waals surface area (Å²) in [6.45, 7) is 10.0. The molecule has 6 heteroatoms. The molecule has 0 aliphatic heterocycles. The van der Waals surface area contributed by atoms with Gasteiger partial charge in [-0.25, -0.2) is 0 Å². The second-order valence-electron chi connectivity index (χ2n) is 6.21. The minimum atomic E-state index is -0.499. The number of benzene rings is 2. The van der Waals surface area contributed by atoms with Crippen molar-refractivity contribution in [2.45, 2.75) is 33.7 Å². The summed E-state index contributed by atoms with van der Waals surface area (Å²) >= 11 is 12.8. The number of anilines is 2. The maximum absolute atomic E-state index is 12.0. The van der Waals surface area contributed by atoms with Gasteiger partial charge < -0.3 is 11.1 Å². The summed E-state index contributed by atoms with van der Waals surface area (Å²) in [6, 6.07) is 9.28. The van der Waals surface area contributed by atoms with Gasteiger partial charge in [-0.2, -0.15) is 0 Å². The molecule has 1 atom stereocenters. The van der Waals surface area contributed by atoms with E-state index in [1.165, 1.54) is 0 Å². The molecule has 140 valence electrons. The fraction of sp³-hybridized carbons (Fsp3) is 0.350. The van der Waals surface area contributed by atoms with Crippen LogP contribution in [0.2, 0.25) is 10.0 Å². The molecule has 2 aromatic rings. The molecule has 0 saturated heterocycles. The first-order valence-electron chi connectivity index (χ1n) is 8.70. The number of para-hydroxylation sites is 1. The van der Waals surface area contributed by atoms with Gasteiger partial charge in [0.15, 0.2) is 0 Å². The fourth-order valence-corrected chi connectivity index (χ4v) is 3.59. The van der Waals surface area contributed by atoms with E-state index in [0.29, 0.717) is 27.0 Å². The third kappa shape index (κ3) is 4.14. The predicted molar refractivity (Wildman–Crippen MR) is 111 cm³/mol. The van der Waals surface area contributed by atoms with Crippen LogP contribution in [0.1, 0.15) is 48.3 Å². The number of hydrogen-bond donors (Lipinski definition) is 2. The summed E-state index contributed by atoms with van der Waals surface area (Å²) in [5, 5.41) is 4.31. The molecule has 26 heavy (non-hydrogen) atoms. The molecule has 0 radical (unpaired) electrons. The predicted octanol–water partition coefficient (Wildman–Crippen LogP) is 5.55. The second-order valence-corrected chi connectivity index (χ2v) is 6.99. The fourth-order valence-electron chi connectivity index (χ4n) is 3.13. The number of nitrogens with two attached hydrogens (primary N) is 1. The van der Waals surface area contributed by atoms with Crippen LogP contribution in [0.4, 0.5) is 11.4 Å². The van der Waals surface area contributed by atoms with Crippen molar-refractivity contribution < 1.29 is 4.79 Å². The van der Waals surface area contributed by atoms with Crippen LogP contribution in [-0.4, -0.2) is 23.9 Å². The van der Waals surface area contributed by atoms with Gasteiger partial charge >= 0.3 is 0 Å². The second kappa shape index (κ2) is 8.76. The largest absolute Gasteiger partial charge is 0.366 e. The van der Waals surface area contributed by atoms with Crippen LogP contribution in [0.15, 0.2) is 30.3 Å². The zero-order valence-electron chi connectivity index (χ0n) is 15.6. The first-order chi connectivity index (χ1) is 12.3. The van der Waals surface area contributed by atoms with Gasteiger partial charge in [-0.1, -0.05) is 55.2 Å². The summed E-state index contributed by atoms with van der Waals surface area (Å²) in [5.41, 5.74) is 9.13. The third-order valence-electron chi connectivity index (χ3n) is 4.71. The number of hydrogen-bond acceptors (Lipinski definition) is 3. The van der Waals surface area contributed by atoms with E-state index in [0.717, 1.165) is 24.2 Å². The Morgan fingerprint density at radius 2 is 1.81 bits per heavy atom. The number of halogens is 2. The third-order valence-corrected chi connectivity index (χ3v) is 5.51. The average molecular weight is 394 g/mol. The molecule has 1 unspecified atom stereocenters. The molecule has 0 spiro atoms. The van der Waals surface area contributed by atoms with Crippen LogP contribution >= 0.6 is 23.2 Å². The Morgan fingerprint density at radius 3 is 2.38 bits per heavy atom. The Kier molecular flexibility index (Phi) is 6.93. The normalized spacial score (nSPS) is 12.3. The van der Waals surface area contributed by atoms with E-state index in [-0.39, 0.29) is 6.04 Å². The van der Waals surface area contributed by atoms with Gasteiger partial charge in [-0.15, -0.1) is 0 Å². The zero-order chi connectivity index (χ0) is 19.4. The quantitative estimate of drug-likeness (QED) is 0.648. The molecule has 0 heterocycles. The molecular weight excluding hydrogens is 369 g/mol. The molecule has 3 N–H and O–H groups in total. The van der Waals surface area contributed by atoms with E-state index >= 15 is 0 Å². The summed E-state index contributed by atoms with van der Waals surface area (Å²) in [4.78, 5) is 14.3. The molecule has 0 bridgehead atoms. The standard InChI is InChI=1S/C20H25Cl2N3O/c1-5-25(6-2)13(4)14-8-7-9-15(20(23)26)18(14)24-19-16(21)11-10-12(3)17(19)22/h7-11,13,24H,5-6H2,1-4H3,(H2,23,26). The van der Waals surface area contributed by atoms with E-state index in [9.17, 15) is 4.79 Å². The van der Waals surface area contributed by atoms with Gasteiger partial charge in [0.1, 0.15) is 0 Å². The van der Waals surface area contributed by atoms with Gasteiger partial charge in [-0.3, -0.25) is 9.69 Å². The summed E-state index contributed by atoms with van der Waals surface area (Å²) in [5.74, 6) is -0.499. The van der Waals surface area contributed by atoms with Crippen LogP contribution in [0.25, 0.3) is 0 Å². The van der Waals surface area contributed by atoms with Crippen LogP contribution in [0, 0.1) is 6.92 Å².